The monoisotopic (exact) mass is 184 g/mol. The smallest absolute Gasteiger partial charge is 0.0591 e. The highest BCUT2D eigenvalue weighted by atomic mass is 35.5. The zero-order valence-corrected chi connectivity index (χ0v) is 7.67. The van der Waals surface area contributed by atoms with Gasteiger partial charge in [0, 0.05) is 5.88 Å². The standard InChI is InChI=1S/C10H13ClO/c11-7-6-10(12)8-9-4-2-1-3-5-9/h1-5,10,12H,6-8H2/t10-/m0/s1. The van der Waals surface area contributed by atoms with Crippen molar-refractivity contribution in [3.05, 3.63) is 35.9 Å². The largest absolute Gasteiger partial charge is 0.393 e. The van der Waals surface area contributed by atoms with Crippen molar-refractivity contribution in [2.45, 2.75) is 18.9 Å². The van der Waals surface area contributed by atoms with E-state index in [2.05, 4.69) is 0 Å². The molecule has 0 aliphatic rings. The van der Waals surface area contributed by atoms with E-state index in [1.165, 1.54) is 0 Å². The molecule has 0 aliphatic heterocycles. The number of rotatable bonds is 4. The van der Waals surface area contributed by atoms with Gasteiger partial charge >= 0.3 is 0 Å². The molecule has 0 spiro atoms. The molecule has 66 valence electrons. The predicted molar refractivity (Wildman–Crippen MR) is 51.5 cm³/mol. The fraction of sp³-hybridized carbons (Fsp3) is 0.400. The molecule has 0 radical (unpaired) electrons. The summed E-state index contributed by atoms with van der Waals surface area (Å²) in [4.78, 5) is 0. The van der Waals surface area contributed by atoms with Gasteiger partial charge in [-0.25, -0.2) is 0 Å². The molecule has 0 amide bonds. The topological polar surface area (TPSA) is 20.2 Å². The van der Waals surface area contributed by atoms with Crippen molar-refractivity contribution in [3.63, 3.8) is 0 Å². The van der Waals surface area contributed by atoms with Gasteiger partial charge in [-0.3, -0.25) is 0 Å². The Labute approximate surface area is 78.0 Å². The minimum absolute atomic E-state index is 0.301. The summed E-state index contributed by atoms with van der Waals surface area (Å²) in [5, 5.41) is 9.42. The number of halogens is 1. The first-order valence-corrected chi connectivity index (χ1v) is 4.64. The van der Waals surface area contributed by atoms with Gasteiger partial charge < -0.3 is 5.11 Å². The van der Waals surface area contributed by atoms with Crippen LogP contribution in [-0.4, -0.2) is 17.1 Å². The molecule has 1 aromatic rings. The van der Waals surface area contributed by atoms with E-state index in [0.29, 0.717) is 18.7 Å². The third kappa shape index (κ3) is 3.24. The van der Waals surface area contributed by atoms with Crippen molar-refractivity contribution in [2.75, 3.05) is 5.88 Å². The van der Waals surface area contributed by atoms with Crippen LogP contribution >= 0.6 is 11.6 Å². The molecule has 1 atom stereocenters. The lowest BCUT2D eigenvalue weighted by Gasteiger charge is -2.07. The molecule has 0 fully saturated rings. The van der Waals surface area contributed by atoms with E-state index in [9.17, 15) is 5.11 Å². The number of benzene rings is 1. The predicted octanol–water partition coefficient (Wildman–Crippen LogP) is 2.22. The van der Waals surface area contributed by atoms with Crippen LogP contribution in [0.4, 0.5) is 0 Å². The van der Waals surface area contributed by atoms with E-state index < -0.39 is 0 Å². The molecule has 1 nitrogen and oxygen atoms in total. The van der Waals surface area contributed by atoms with Gasteiger partial charge in [-0.1, -0.05) is 30.3 Å². The summed E-state index contributed by atoms with van der Waals surface area (Å²) in [6.07, 6.45) is 1.06. The summed E-state index contributed by atoms with van der Waals surface area (Å²) >= 11 is 5.50. The Morgan fingerprint density at radius 3 is 2.50 bits per heavy atom. The van der Waals surface area contributed by atoms with Gasteiger partial charge in [0.15, 0.2) is 0 Å². The molecule has 1 N–H and O–H groups in total. The first kappa shape index (κ1) is 9.56. The third-order valence-corrected chi connectivity index (χ3v) is 1.97. The Morgan fingerprint density at radius 1 is 1.25 bits per heavy atom. The van der Waals surface area contributed by atoms with Crippen LogP contribution in [0.25, 0.3) is 0 Å². The maximum Gasteiger partial charge on any atom is 0.0591 e. The van der Waals surface area contributed by atoms with Gasteiger partial charge in [0.1, 0.15) is 0 Å². The van der Waals surface area contributed by atoms with Gasteiger partial charge in [-0.15, -0.1) is 11.6 Å². The number of aliphatic hydroxyl groups excluding tert-OH is 1. The molecule has 12 heavy (non-hydrogen) atoms. The van der Waals surface area contributed by atoms with E-state index in [1.807, 2.05) is 30.3 Å². The second kappa shape index (κ2) is 5.18. The summed E-state index contributed by atoms with van der Waals surface area (Å²) in [5.41, 5.74) is 1.16. The summed E-state index contributed by atoms with van der Waals surface area (Å²) < 4.78 is 0. The second-order valence-corrected chi connectivity index (χ2v) is 3.20. The zero-order valence-electron chi connectivity index (χ0n) is 6.91. The van der Waals surface area contributed by atoms with Crippen LogP contribution in [-0.2, 0) is 6.42 Å². The van der Waals surface area contributed by atoms with Crippen LogP contribution in [0.2, 0.25) is 0 Å². The Balaban J connectivity index is 2.41. The van der Waals surface area contributed by atoms with E-state index in [1.54, 1.807) is 0 Å². The lowest BCUT2D eigenvalue weighted by Crippen LogP contribution is -2.10. The summed E-state index contributed by atoms with van der Waals surface area (Å²) in [6.45, 7) is 0. The summed E-state index contributed by atoms with van der Waals surface area (Å²) in [7, 11) is 0. The van der Waals surface area contributed by atoms with Gasteiger partial charge in [-0.05, 0) is 18.4 Å². The minimum atomic E-state index is -0.301. The van der Waals surface area contributed by atoms with Crippen LogP contribution in [0.15, 0.2) is 30.3 Å². The summed E-state index contributed by atoms with van der Waals surface area (Å²) in [5.74, 6) is 0.522. The molecular formula is C10H13ClO. The Bertz CT molecular complexity index is 210. The highest BCUT2D eigenvalue weighted by Gasteiger charge is 2.03. The van der Waals surface area contributed by atoms with Crippen LogP contribution in [0.3, 0.4) is 0 Å². The number of aliphatic hydroxyl groups is 1. The highest BCUT2D eigenvalue weighted by Crippen LogP contribution is 2.05. The molecule has 0 bridgehead atoms. The molecule has 0 unspecified atom stereocenters. The third-order valence-electron chi connectivity index (χ3n) is 1.76. The van der Waals surface area contributed by atoms with Crippen molar-refractivity contribution in [2.24, 2.45) is 0 Å². The highest BCUT2D eigenvalue weighted by molar-refractivity contribution is 6.17. The molecule has 0 aliphatic carbocycles. The van der Waals surface area contributed by atoms with Gasteiger partial charge in [0.2, 0.25) is 0 Å². The van der Waals surface area contributed by atoms with E-state index >= 15 is 0 Å². The first-order valence-electron chi connectivity index (χ1n) is 4.11. The average Bonchev–Trinajstić information content (AvgIpc) is 2.06. The quantitative estimate of drug-likeness (QED) is 0.712. The van der Waals surface area contributed by atoms with Gasteiger partial charge in [0.25, 0.3) is 0 Å². The molecule has 1 aromatic carbocycles. The van der Waals surface area contributed by atoms with E-state index in [-0.39, 0.29) is 6.10 Å². The average molecular weight is 185 g/mol. The van der Waals surface area contributed by atoms with Crippen LogP contribution in [0, 0.1) is 0 Å². The van der Waals surface area contributed by atoms with Crippen molar-refractivity contribution in [1.82, 2.24) is 0 Å². The van der Waals surface area contributed by atoms with Crippen LogP contribution in [0.5, 0.6) is 0 Å². The first-order chi connectivity index (χ1) is 5.83. The maximum absolute atomic E-state index is 9.42. The fourth-order valence-corrected chi connectivity index (χ4v) is 1.37. The van der Waals surface area contributed by atoms with E-state index in [4.69, 9.17) is 11.6 Å². The van der Waals surface area contributed by atoms with Crippen molar-refractivity contribution < 1.29 is 5.11 Å². The maximum atomic E-state index is 9.42. The van der Waals surface area contributed by atoms with Crippen molar-refractivity contribution >= 4 is 11.6 Å². The fourth-order valence-electron chi connectivity index (χ4n) is 1.11. The van der Waals surface area contributed by atoms with Crippen LogP contribution in [0.1, 0.15) is 12.0 Å². The Morgan fingerprint density at radius 2 is 1.92 bits per heavy atom. The van der Waals surface area contributed by atoms with Crippen molar-refractivity contribution in [3.8, 4) is 0 Å². The Hall–Kier alpha value is -0.530. The van der Waals surface area contributed by atoms with Gasteiger partial charge in [-0.2, -0.15) is 0 Å². The molecule has 2 heteroatoms. The molecule has 0 saturated heterocycles. The lowest BCUT2D eigenvalue weighted by molar-refractivity contribution is 0.172. The normalized spacial score (nSPS) is 12.8. The minimum Gasteiger partial charge on any atom is -0.393 e. The molecule has 1 rings (SSSR count). The van der Waals surface area contributed by atoms with Crippen molar-refractivity contribution in [1.29, 1.82) is 0 Å². The molecule has 0 saturated carbocycles. The second-order valence-electron chi connectivity index (χ2n) is 2.82. The van der Waals surface area contributed by atoms with E-state index in [0.717, 1.165) is 5.56 Å². The van der Waals surface area contributed by atoms with Gasteiger partial charge in [0.05, 0.1) is 6.10 Å². The Kier molecular flexibility index (Phi) is 4.12. The summed E-state index contributed by atoms with van der Waals surface area (Å²) in [6, 6.07) is 9.94. The molecule has 0 heterocycles. The molecular weight excluding hydrogens is 172 g/mol. The molecule has 0 aromatic heterocycles. The SMILES string of the molecule is O[C@@H](CCCl)Cc1ccccc1. The van der Waals surface area contributed by atoms with Crippen LogP contribution < -0.4 is 0 Å². The number of hydrogen-bond donors (Lipinski definition) is 1. The number of hydrogen-bond acceptors (Lipinski definition) is 1. The lowest BCUT2D eigenvalue weighted by atomic mass is 10.1. The zero-order chi connectivity index (χ0) is 8.81. The number of alkyl halides is 1.